The maximum atomic E-state index is 13.0. The van der Waals surface area contributed by atoms with Gasteiger partial charge in [-0.15, -0.1) is 0 Å². The molecule has 1 saturated heterocycles. The second-order valence-electron chi connectivity index (χ2n) is 6.75. The number of nitrogens with two attached hydrogens (primary N) is 1. The summed E-state index contributed by atoms with van der Waals surface area (Å²) in [6, 6.07) is 7.71. The molecule has 1 aromatic carbocycles. The number of hydrogen-bond donors (Lipinski definition) is 2. The van der Waals surface area contributed by atoms with Crippen LogP contribution in [0.4, 0.5) is 0 Å². The molecule has 3 N–H and O–H groups in total. The summed E-state index contributed by atoms with van der Waals surface area (Å²) >= 11 is 0. The van der Waals surface area contributed by atoms with Crippen molar-refractivity contribution in [3.8, 4) is 0 Å². The van der Waals surface area contributed by atoms with Gasteiger partial charge in [0.2, 0.25) is 5.91 Å². The number of aromatic amines is 1. The van der Waals surface area contributed by atoms with Gasteiger partial charge in [0.25, 0.3) is 5.91 Å². The van der Waals surface area contributed by atoms with Crippen LogP contribution in [0.5, 0.6) is 0 Å². The molecule has 7 nitrogen and oxygen atoms in total. The minimum absolute atomic E-state index is 0.0270. The van der Waals surface area contributed by atoms with E-state index >= 15 is 0 Å². The molecule has 4 rings (SSSR count). The van der Waals surface area contributed by atoms with Crippen LogP contribution in [0, 0.1) is 0 Å². The average molecular weight is 351 g/mol. The Balaban J connectivity index is 1.53. The highest BCUT2D eigenvalue weighted by molar-refractivity contribution is 5.98. The zero-order valence-corrected chi connectivity index (χ0v) is 14.4. The van der Waals surface area contributed by atoms with Crippen LogP contribution in [0.1, 0.15) is 34.9 Å². The fourth-order valence-electron chi connectivity index (χ4n) is 3.72. The molecule has 0 spiro atoms. The normalized spacial score (nSPS) is 17.5. The lowest BCUT2D eigenvalue weighted by atomic mass is 9.96. The van der Waals surface area contributed by atoms with Crippen LogP contribution in [0.2, 0.25) is 0 Å². The number of nitrogens with zero attached hydrogens (tertiary/aromatic N) is 3. The Morgan fingerprint density at radius 2 is 2.19 bits per heavy atom. The van der Waals surface area contributed by atoms with Crippen molar-refractivity contribution in [2.45, 2.75) is 25.3 Å². The standard InChI is InChI=1S/C19H21N5O2/c20-17(25)12-23-9-7-22-18(23)15-2-1-8-24(11-15)19(26)14-4-3-13-5-6-21-16(13)10-14/h3-7,9-10,15,21H,1-2,8,11-12H2,(H2,20,25)/t15-/m0/s1. The lowest BCUT2D eigenvalue weighted by Gasteiger charge is -2.32. The van der Waals surface area contributed by atoms with E-state index in [4.69, 9.17) is 5.73 Å². The number of carbonyl (C=O) groups excluding carboxylic acids is 2. The van der Waals surface area contributed by atoms with Gasteiger partial charge < -0.3 is 20.2 Å². The monoisotopic (exact) mass is 351 g/mol. The summed E-state index contributed by atoms with van der Waals surface area (Å²) in [5.41, 5.74) is 6.96. The van der Waals surface area contributed by atoms with Gasteiger partial charge in [0.1, 0.15) is 12.4 Å². The molecule has 2 aromatic heterocycles. The second kappa shape index (κ2) is 6.67. The number of piperidine rings is 1. The Hall–Kier alpha value is -3.09. The van der Waals surface area contributed by atoms with Crippen molar-refractivity contribution in [3.05, 3.63) is 54.2 Å². The predicted octanol–water partition coefficient (Wildman–Crippen LogP) is 1.87. The SMILES string of the molecule is NC(=O)Cn1ccnc1[C@H]1CCCN(C(=O)c2ccc3cc[nH]c3c2)C1. The van der Waals surface area contributed by atoms with E-state index in [0.717, 1.165) is 36.1 Å². The zero-order valence-electron chi connectivity index (χ0n) is 14.4. The third-order valence-corrected chi connectivity index (χ3v) is 4.95. The van der Waals surface area contributed by atoms with Crippen LogP contribution in [0.15, 0.2) is 42.9 Å². The fourth-order valence-corrected chi connectivity index (χ4v) is 3.72. The third-order valence-electron chi connectivity index (χ3n) is 4.95. The molecule has 0 saturated carbocycles. The molecule has 0 unspecified atom stereocenters. The molecule has 0 radical (unpaired) electrons. The summed E-state index contributed by atoms with van der Waals surface area (Å²) in [6.45, 7) is 1.44. The first-order valence-electron chi connectivity index (χ1n) is 8.77. The number of hydrogen-bond acceptors (Lipinski definition) is 3. The van der Waals surface area contributed by atoms with E-state index in [0.29, 0.717) is 12.1 Å². The smallest absolute Gasteiger partial charge is 0.253 e. The van der Waals surface area contributed by atoms with Crippen molar-refractivity contribution >= 4 is 22.7 Å². The third kappa shape index (κ3) is 3.08. The number of aromatic nitrogens is 3. The first kappa shape index (κ1) is 16.4. The summed E-state index contributed by atoms with van der Waals surface area (Å²) in [6.07, 6.45) is 7.16. The minimum atomic E-state index is -0.396. The number of carbonyl (C=O) groups is 2. The van der Waals surface area contributed by atoms with Crippen molar-refractivity contribution < 1.29 is 9.59 Å². The highest BCUT2D eigenvalue weighted by Gasteiger charge is 2.28. The number of fused-ring (bicyclic) bond motifs is 1. The van der Waals surface area contributed by atoms with Gasteiger partial charge in [-0.05, 0) is 36.4 Å². The van der Waals surface area contributed by atoms with Crippen LogP contribution < -0.4 is 5.73 Å². The predicted molar refractivity (Wildman–Crippen MR) is 97.6 cm³/mol. The summed E-state index contributed by atoms with van der Waals surface area (Å²) in [4.78, 5) is 33.6. The van der Waals surface area contributed by atoms with Crippen LogP contribution in [-0.4, -0.2) is 44.3 Å². The van der Waals surface area contributed by atoms with E-state index in [2.05, 4.69) is 9.97 Å². The molecule has 3 aromatic rings. The summed E-state index contributed by atoms with van der Waals surface area (Å²) in [5.74, 6) is 0.559. The van der Waals surface area contributed by atoms with E-state index in [-0.39, 0.29) is 18.4 Å². The highest BCUT2D eigenvalue weighted by atomic mass is 16.2. The molecule has 7 heteroatoms. The Morgan fingerprint density at radius 3 is 3.04 bits per heavy atom. The van der Waals surface area contributed by atoms with Gasteiger partial charge in [0.15, 0.2) is 0 Å². The topological polar surface area (TPSA) is 97.0 Å². The van der Waals surface area contributed by atoms with Gasteiger partial charge in [-0.1, -0.05) is 6.07 Å². The quantitative estimate of drug-likeness (QED) is 0.751. The number of imidazole rings is 1. The lowest BCUT2D eigenvalue weighted by molar-refractivity contribution is -0.118. The number of nitrogens with one attached hydrogen (secondary N) is 1. The molecule has 1 aliphatic heterocycles. The van der Waals surface area contributed by atoms with Crippen LogP contribution in [0.25, 0.3) is 10.9 Å². The molecule has 1 atom stereocenters. The van der Waals surface area contributed by atoms with E-state index < -0.39 is 5.91 Å². The second-order valence-corrected chi connectivity index (χ2v) is 6.75. The number of H-pyrrole nitrogens is 1. The molecule has 2 amide bonds. The Kier molecular flexibility index (Phi) is 4.20. The summed E-state index contributed by atoms with van der Waals surface area (Å²) in [5, 5.41) is 1.09. The molecule has 1 fully saturated rings. The number of amides is 2. The lowest BCUT2D eigenvalue weighted by Crippen LogP contribution is -2.40. The Morgan fingerprint density at radius 1 is 1.31 bits per heavy atom. The fraction of sp³-hybridized carbons (Fsp3) is 0.316. The first-order chi connectivity index (χ1) is 12.6. The van der Waals surface area contributed by atoms with Gasteiger partial charge in [0.05, 0.1) is 0 Å². The van der Waals surface area contributed by atoms with Crippen LogP contribution in [-0.2, 0) is 11.3 Å². The molecule has 0 bridgehead atoms. The van der Waals surface area contributed by atoms with Gasteiger partial charge in [-0.2, -0.15) is 0 Å². The number of benzene rings is 1. The van der Waals surface area contributed by atoms with E-state index in [1.165, 1.54) is 0 Å². The van der Waals surface area contributed by atoms with Crippen molar-refractivity contribution in [1.29, 1.82) is 0 Å². The first-order valence-corrected chi connectivity index (χ1v) is 8.77. The Labute approximate surface area is 150 Å². The maximum absolute atomic E-state index is 13.0. The highest BCUT2D eigenvalue weighted by Crippen LogP contribution is 2.27. The molecule has 26 heavy (non-hydrogen) atoms. The molecule has 1 aliphatic rings. The van der Waals surface area contributed by atoms with Gasteiger partial charge in [-0.3, -0.25) is 9.59 Å². The molecular formula is C19H21N5O2. The van der Waals surface area contributed by atoms with Crippen LogP contribution in [0.3, 0.4) is 0 Å². The van der Waals surface area contributed by atoms with Crippen molar-refractivity contribution in [3.63, 3.8) is 0 Å². The summed E-state index contributed by atoms with van der Waals surface area (Å²) in [7, 11) is 0. The van der Waals surface area contributed by atoms with Crippen LogP contribution >= 0.6 is 0 Å². The zero-order chi connectivity index (χ0) is 18.1. The van der Waals surface area contributed by atoms with Gasteiger partial charge >= 0.3 is 0 Å². The maximum Gasteiger partial charge on any atom is 0.253 e. The number of likely N-dealkylation sites (tertiary alicyclic amines) is 1. The molecule has 3 heterocycles. The number of primary amides is 1. The van der Waals surface area contributed by atoms with E-state index in [1.807, 2.05) is 35.4 Å². The summed E-state index contributed by atoms with van der Waals surface area (Å²) < 4.78 is 1.78. The Bertz CT molecular complexity index is 958. The van der Waals surface area contributed by atoms with Crippen molar-refractivity contribution in [1.82, 2.24) is 19.4 Å². The van der Waals surface area contributed by atoms with Crippen molar-refractivity contribution in [2.24, 2.45) is 5.73 Å². The minimum Gasteiger partial charge on any atom is -0.368 e. The average Bonchev–Trinajstić information content (AvgIpc) is 3.29. The van der Waals surface area contributed by atoms with Gasteiger partial charge in [0, 0.05) is 48.7 Å². The largest absolute Gasteiger partial charge is 0.368 e. The van der Waals surface area contributed by atoms with Crippen molar-refractivity contribution in [2.75, 3.05) is 13.1 Å². The van der Waals surface area contributed by atoms with Gasteiger partial charge in [-0.25, -0.2) is 4.98 Å². The molecular weight excluding hydrogens is 330 g/mol. The molecule has 0 aliphatic carbocycles. The van der Waals surface area contributed by atoms with E-state index in [1.54, 1.807) is 17.0 Å². The molecule has 134 valence electrons. The van der Waals surface area contributed by atoms with E-state index in [9.17, 15) is 9.59 Å². The number of rotatable bonds is 4.